The van der Waals surface area contributed by atoms with Crippen molar-refractivity contribution in [2.75, 3.05) is 6.61 Å². The molecule has 0 aliphatic carbocycles. The van der Waals surface area contributed by atoms with Crippen molar-refractivity contribution in [3.8, 4) is 5.75 Å². The van der Waals surface area contributed by atoms with Crippen molar-refractivity contribution in [1.82, 2.24) is 0 Å². The third-order valence-electron chi connectivity index (χ3n) is 3.36. The van der Waals surface area contributed by atoms with Crippen molar-refractivity contribution in [2.45, 2.75) is 26.8 Å². The molecule has 0 bridgehead atoms. The second kappa shape index (κ2) is 6.42. The second-order valence-electron chi connectivity index (χ2n) is 4.96. The lowest BCUT2D eigenvalue weighted by Crippen LogP contribution is -2.14. The van der Waals surface area contributed by atoms with Crippen LogP contribution in [0.25, 0.3) is 0 Å². The van der Waals surface area contributed by atoms with Crippen LogP contribution >= 0.6 is 15.9 Å². The van der Waals surface area contributed by atoms with Gasteiger partial charge in [0.1, 0.15) is 5.75 Å². The lowest BCUT2D eigenvalue weighted by Gasteiger charge is -2.18. The maximum atomic E-state index is 6.43. The third kappa shape index (κ3) is 3.22. The van der Waals surface area contributed by atoms with Gasteiger partial charge in [0, 0.05) is 10.0 Å². The van der Waals surface area contributed by atoms with E-state index < -0.39 is 0 Å². The van der Waals surface area contributed by atoms with Gasteiger partial charge in [0.2, 0.25) is 0 Å². The molecule has 0 spiro atoms. The highest BCUT2D eigenvalue weighted by molar-refractivity contribution is 9.10. The summed E-state index contributed by atoms with van der Waals surface area (Å²) in [6.45, 7) is 6.76. The van der Waals surface area contributed by atoms with Crippen LogP contribution in [0, 0.1) is 13.8 Å². The van der Waals surface area contributed by atoms with Crippen molar-refractivity contribution < 1.29 is 4.74 Å². The molecule has 0 aromatic heterocycles. The molecule has 2 rings (SSSR count). The minimum absolute atomic E-state index is 0.187. The Balaban J connectivity index is 2.43. The Hall–Kier alpha value is -1.32. The molecule has 1 unspecified atom stereocenters. The maximum absolute atomic E-state index is 6.43. The summed E-state index contributed by atoms with van der Waals surface area (Å²) in [5.41, 5.74) is 10.9. The van der Waals surface area contributed by atoms with Gasteiger partial charge in [-0.1, -0.05) is 45.8 Å². The van der Waals surface area contributed by atoms with Crippen LogP contribution in [0.15, 0.2) is 40.9 Å². The van der Waals surface area contributed by atoms with E-state index >= 15 is 0 Å². The highest BCUT2D eigenvalue weighted by Crippen LogP contribution is 2.31. The zero-order valence-electron chi connectivity index (χ0n) is 12.1. The summed E-state index contributed by atoms with van der Waals surface area (Å²) in [6, 6.07) is 12.2. The van der Waals surface area contributed by atoms with Crippen molar-refractivity contribution in [3.63, 3.8) is 0 Å². The van der Waals surface area contributed by atoms with E-state index in [0.29, 0.717) is 6.61 Å². The molecular weight excluding hydrogens is 314 g/mol. The largest absolute Gasteiger partial charge is 0.494 e. The van der Waals surface area contributed by atoms with E-state index in [4.69, 9.17) is 10.5 Å². The van der Waals surface area contributed by atoms with Gasteiger partial charge < -0.3 is 10.5 Å². The van der Waals surface area contributed by atoms with Crippen molar-refractivity contribution in [2.24, 2.45) is 5.73 Å². The Labute approximate surface area is 129 Å². The predicted octanol–water partition coefficient (Wildman–Crippen LogP) is 4.51. The molecule has 0 aliphatic rings. The van der Waals surface area contributed by atoms with Crippen molar-refractivity contribution in [1.29, 1.82) is 0 Å². The topological polar surface area (TPSA) is 35.2 Å². The molecule has 3 heteroatoms. The summed E-state index contributed by atoms with van der Waals surface area (Å²) in [4.78, 5) is 0. The van der Waals surface area contributed by atoms with E-state index in [0.717, 1.165) is 21.3 Å². The van der Waals surface area contributed by atoms with Crippen LogP contribution in [0.5, 0.6) is 5.75 Å². The van der Waals surface area contributed by atoms with Crippen molar-refractivity contribution in [3.05, 3.63) is 63.1 Å². The molecule has 20 heavy (non-hydrogen) atoms. The number of aryl methyl sites for hydroxylation is 2. The molecule has 2 N–H and O–H groups in total. The van der Waals surface area contributed by atoms with E-state index in [-0.39, 0.29) is 6.04 Å². The molecule has 0 saturated heterocycles. The minimum Gasteiger partial charge on any atom is -0.494 e. The zero-order valence-corrected chi connectivity index (χ0v) is 13.7. The lowest BCUT2D eigenvalue weighted by atomic mass is 9.96. The predicted molar refractivity (Wildman–Crippen MR) is 87.3 cm³/mol. The van der Waals surface area contributed by atoms with Crippen LogP contribution < -0.4 is 10.5 Å². The van der Waals surface area contributed by atoms with Gasteiger partial charge in [0.05, 0.1) is 12.6 Å². The number of nitrogens with two attached hydrogens (primary N) is 1. The second-order valence-corrected chi connectivity index (χ2v) is 5.81. The average molecular weight is 334 g/mol. The van der Waals surface area contributed by atoms with Crippen LogP contribution in [0.1, 0.15) is 35.2 Å². The van der Waals surface area contributed by atoms with Gasteiger partial charge in [-0.25, -0.2) is 0 Å². The number of hydrogen-bond acceptors (Lipinski definition) is 2. The third-order valence-corrected chi connectivity index (χ3v) is 4.21. The standard InChI is InChI=1S/C17H20BrNO/c1-4-20-16-8-5-11(2)9-14(16)17(19)13-7-6-12(3)15(18)10-13/h5-10,17H,4,19H2,1-3H3. The van der Waals surface area contributed by atoms with Crippen LogP contribution in [0.4, 0.5) is 0 Å². The first kappa shape index (κ1) is 15.1. The fourth-order valence-corrected chi connectivity index (χ4v) is 2.58. The Kier molecular flexibility index (Phi) is 4.84. The van der Waals surface area contributed by atoms with E-state index in [2.05, 4.69) is 54.0 Å². The summed E-state index contributed by atoms with van der Waals surface area (Å²) in [6.07, 6.45) is 0. The highest BCUT2D eigenvalue weighted by Gasteiger charge is 2.15. The molecule has 0 heterocycles. The highest BCUT2D eigenvalue weighted by atomic mass is 79.9. The number of halogens is 1. The Morgan fingerprint density at radius 2 is 1.90 bits per heavy atom. The fourth-order valence-electron chi connectivity index (χ4n) is 2.18. The summed E-state index contributed by atoms with van der Waals surface area (Å²) in [5.74, 6) is 0.863. The molecule has 1 atom stereocenters. The monoisotopic (exact) mass is 333 g/mol. The molecule has 2 aromatic carbocycles. The number of ether oxygens (including phenoxy) is 1. The van der Waals surface area contributed by atoms with Crippen LogP contribution in [0.3, 0.4) is 0 Å². The number of rotatable bonds is 4. The first-order valence-electron chi connectivity index (χ1n) is 6.78. The molecule has 2 nitrogen and oxygen atoms in total. The molecule has 0 fully saturated rings. The van der Waals surface area contributed by atoms with Gasteiger partial charge in [-0.3, -0.25) is 0 Å². The normalized spacial score (nSPS) is 12.2. The van der Waals surface area contributed by atoms with E-state index in [1.807, 2.05) is 19.1 Å². The lowest BCUT2D eigenvalue weighted by molar-refractivity contribution is 0.335. The molecule has 2 aromatic rings. The smallest absolute Gasteiger partial charge is 0.124 e. The van der Waals surface area contributed by atoms with E-state index in [1.165, 1.54) is 11.1 Å². The van der Waals surface area contributed by atoms with Gasteiger partial charge in [-0.2, -0.15) is 0 Å². The van der Waals surface area contributed by atoms with Crippen LogP contribution in [-0.4, -0.2) is 6.61 Å². The molecule has 0 amide bonds. The quantitative estimate of drug-likeness (QED) is 0.893. The van der Waals surface area contributed by atoms with Crippen LogP contribution in [0.2, 0.25) is 0 Å². The Morgan fingerprint density at radius 3 is 2.55 bits per heavy atom. The fraction of sp³-hybridized carbons (Fsp3) is 0.294. The van der Waals surface area contributed by atoms with Gasteiger partial charge >= 0.3 is 0 Å². The summed E-state index contributed by atoms with van der Waals surface area (Å²) in [7, 11) is 0. The molecular formula is C17H20BrNO. The van der Waals surface area contributed by atoms with E-state index in [1.54, 1.807) is 0 Å². The number of benzene rings is 2. The Bertz CT molecular complexity index is 610. The molecule has 0 aliphatic heterocycles. The molecule has 0 saturated carbocycles. The first-order chi connectivity index (χ1) is 9.52. The van der Waals surface area contributed by atoms with Gasteiger partial charge in [0.25, 0.3) is 0 Å². The average Bonchev–Trinajstić information content (AvgIpc) is 2.43. The van der Waals surface area contributed by atoms with E-state index in [9.17, 15) is 0 Å². The number of hydrogen-bond donors (Lipinski definition) is 1. The molecule has 106 valence electrons. The van der Waals surface area contributed by atoms with Gasteiger partial charge in [0.15, 0.2) is 0 Å². The Morgan fingerprint density at radius 1 is 1.15 bits per heavy atom. The summed E-state index contributed by atoms with van der Waals surface area (Å²) < 4.78 is 6.78. The van der Waals surface area contributed by atoms with Crippen LogP contribution in [-0.2, 0) is 0 Å². The van der Waals surface area contributed by atoms with Gasteiger partial charge in [-0.05, 0) is 44.0 Å². The first-order valence-corrected chi connectivity index (χ1v) is 7.57. The minimum atomic E-state index is -0.187. The van der Waals surface area contributed by atoms with Gasteiger partial charge in [-0.15, -0.1) is 0 Å². The zero-order chi connectivity index (χ0) is 14.7. The maximum Gasteiger partial charge on any atom is 0.124 e. The summed E-state index contributed by atoms with van der Waals surface area (Å²) in [5, 5.41) is 0. The summed E-state index contributed by atoms with van der Waals surface area (Å²) >= 11 is 3.56. The molecule has 0 radical (unpaired) electrons. The van der Waals surface area contributed by atoms with Crippen molar-refractivity contribution >= 4 is 15.9 Å². The SMILES string of the molecule is CCOc1ccc(C)cc1C(N)c1ccc(C)c(Br)c1.